The van der Waals surface area contributed by atoms with E-state index < -0.39 is 0 Å². The molecule has 0 radical (unpaired) electrons. The number of carbonyl (C=O) groups is 1. The largest absolute Gasteiger partial charge is 0.459 e. The monoisotopic (exact) mass is 203 g/mol. The maximum Gasteiger partial charge on any atom is 0.338 e. The minimum atomic E-state index is -0.270. The van der Waals surface area contributed by atoms with Crippen molar-refractivity contribution in [2.45, 2.75) is 20.0 Å². The lowest BCUT2D eigenvalue weighted by Crippen LogP contribution is -2.11. The topological polar surface area (TPSA) is 30.7 Å². The van der Waals surface area contributed by atoms with Gasteiger partial charge in [-0.2, -0.15) is 0 Å². The van der Waals surface area contributed by atoms with E-state index >= 15 is 0 Å². The zero-order valence-corrected chi connectivity index (χ0v) is 8.81. The van der Waals surface area contributed by atoms with Crippen LogP contribution in [-0.4, -0.2) is 16.5 Å². The van der Waals surface area contributed by atoms with Gasteiger partial charge in [-0.25, -0.2) is 4.79 Å². The molecule has 0 amide bonds. The van der Waals surface area contributed by atoms with Gasteiger partial charge in [0.25, 0.3) is 0 Å². The summed E-state index contributed by atoms with van der Waals surface area (Å²) in [6, 6.07) is 7.47. The Labute approximate surface area is 88.3 Å². The molecule has 0 aliphatic carbocycles. The highest BCUT2D eigenvalue weighted by atomic mass is 16.5. The smallest absolute Gasteiger partial charge is 0.338 e. The highest BCUT2D eigenvalue weighted by Crippen LogP contribution is 2.10. The molecule has 0 aliphatic heterocycles. The number of esters is 1. The van der Waals surface area contributed by atoms with Gasteiger partial charge in [-0.1, -0.05) is 0 Å². The molecule has 78 valence electrons. The Morgan fingerprint density at radius 3 is 2.87 bits per heavy atom. The minimum absolute atomic E-state index is 0.0829. The van der Waals surface area contributed by atoms with E-state index in [1.165, 1.54) is 0 Å². The number of rotatable bonds is 2. The number of ether oxygens (including phenoxy) is 1. The Balaban J connectivity index is 2.31. The number of hydrogen-bond acceptors (Lipinski definition) is 2. The Hall–Kier alpha value is -1.77. The van der Waals surface area contributed by atoms with E-state index in [-0.39, 0.29) is 12.1 Å². The van der Waals surface area contributed by atoms with Crippen LogP contribution in [0.15, 0.2) is 36.7 Å². The summed E-state index contributed by atoms with van der Waals surface area (Å²) in [5, 5.41) is 0. The minimum Gasteiger partial charge on any atom is -0.459 e. The molecular formula is C12H13NO2. The third-order valence-electron chi connectivity index (χ3n) is 2.11. The van der Waals surface area contributed by atoms with Gasteiger partial charge in [-0.05, 0) is 38.1 Å². The van der Waals surface area contributed by atoms with E-state index in [1.807, 2.05) is 48.8 Å². The van der Waals surface area contributed by atoms with Crippen molar-refractivity contribution in [3.05, 3.63) is 42.2 Å². The zero-order chi connectivity index (χ0) is 10.8. The molecule has 0 aromatic carbocycles. The van der Waals surface area contributed by atoms with Crippen LogP contribution in [-0.2, 0) is 4.74 Å². The average molecular weight is 203 g/mol. The molecule has 0 bridgehead atoms. The Morgan fingerprint density at radius 2 is 2.13 bits per heavy atom. The second kappa shape index (κ2) is 3.77. The van der Waals surface area contributed by atoms with Gasteiger partial charge in [0.15, 0.2) is 0 Å². The van der Waals surface area contributed by atoms with Crippen molar-refractivity contribution in [3.8, 4) is 0 Å². The summed E-state index contributed by atoms with van der Waals surface area (Å²) in [5.74, 6) is -0.270. The fourth-order valence-electron chi connectivity index (χ4n) is 1.44. The van der Waals surface area contributed by atoms with E-state index in [4.69, 9.17) is 4.74 Å². The normalized spacial score (nSPS) is 10.9. The maximum absolute atomic E-state index is 11.6. The van der Waals surface area contributed by atoms with Gasteiger partial charge in [0.05, 0.1) is 11.7 Å². The van der Waals surface area contributed by atoms with Crippen LogP contribution in [0.4, 0.5) is 0 Å². The lowest BCUT2D eigenvalue weighted by molar-refractivity contribution is 0.0378. The fourth-order valence-corrected chi connectivity index (χ4v) is 1.44. The molecule has 3 heteroatoms. The van der Waals surface area contributed by atoms with Crippen molar-refractivity contribution in [2.75, 3.05) is 0 Å². The summed E-state index contributed by atoms with van der Waals surface area (Å²) < 4.78 is 7.06. The molecule has 2 aromatic rings. The van der Waals surface area contributed by atoms with Crippen LogP contribution in [0.1, 0.15) is 24.2 Å². The van der Waals surface area contributed by atoms with Gasteiger partial charge in [0.2, 0.25) is 0 Å². The van der Waals surface area contributed by atoms with Gasteiger partial charge < -0.3 is 9.14 Å². The van der Waals surface area contributed by atoms with Gasteiger partial charge >= 0.3 is 5.97 Å². The predicted octanol–water partition coefficient (Wildman–Crippen LogP) is 2.50. The van der Waals surface area contributed by atoms with Crippen molar-refractivity contribution in [1.29, 1.82) is 0 Å². The molecule has 0 fully saturated rings. The van der Waals surface area contributed by atoms with E-state index in [0.717, 1.165) is 5.52 Å². The van der Waals surface area contributed by atoms with Crippen LogP contribution in [0, 0.1) is 0 Å². The number of carbonyl (C=O) groups excluding carboxylic acids is 1. The van der Waals surface area contributed by atoms with E-state index in [0.29, 0.717) is 5.56 Å². The van der Waals surface area contributed by atoms with Crippen molar-refractivity contribution < 1.29 is 9.53 Å². The van der Waals surface area contributed by atoms with Crippen molar-refractivity contribution in [3.63, 3.8) is 0 Å². The first-order valence-electron chi connectivity index (χ1n) is 4.94. The molecule has 0 aliphatic rings. The average Bonchev–Trinajstić information content (AvgIpc) is 2.62. The van der Waals surface area contributed by atoms with Crippen molar-refractivity contribution in [1.82, 2.24) is 4.40 Å². The van der Waals surface area contributed by atoms with Crippen LogP contribution < -0.4 is 0 Å². The lowest BCUT2D eigenvalue weighted by Gasteiger charge is -2.07. The van der Waals surface area contributed by atoms with Crippen molar-refractivity contribution >= 4 is 11.5 Å². The van der Waals surface area contributed by atoms with Gasteiger partial charge in [0, 0.05) is 17.9 Å². The summed E-state index contributed by atoms with van der Waals surface area (Å²) in [7, 11) is 0. The first-order valence-corrected chi connectivity index (χ1v) is 4.94. The summed E-state index contributed by atoms with van der Waals surface area (Å²) in [4.78, 5) is 11.6. The van der Waals surface area contributed by atoms with Gasteiger partial charge in [-0.15, -0.1) is 0 Å². The molecule has 0 saturated heterocycles. The van der Waals surface area contributed by atoms with Crippen molar-refractivity contribution in [2.24, 2.45) is 0 Å². The van der Waals surface area contributed by atoms with E-state index in [1.54, 1.807) is 6.07 Å². The summed E-state index contributed by atoms with van der Waals surface area (Å²) in [6.45, 7) is 3.68. The standard InChI is InChI=1S/C12H13NO2/c1-9(2)15-12(14)10-5-7-13-6-3-4-11(13)8-10/h3-9H,1-2H3. The van der Waals surface area contributed by atoms with Crippen LogP contribution in [0.5, 0.6) is 0 Å². The molecule has 0 unspecified atom stereocenters. The molecule has 3 nitrogen and oxygen atoms in total. The maximum atomic E-state index is 11.6. The van der Waals surface area contributed by atoms with E-state index in [2.05, 4.69) is 0 Å². The predicted molar refractivity (Wildman–Crippen MR) is 57.9 cm³/mol. The highest BCUT2D eigenvalue weighted by molar-refractivity contribution is 5.90. The number of fused-ring (bicyclic) bond motifs is 1. The molecular weight excluding hydrogens is 190 g/mol. The Bertz CT molecular complexity index is 485. The van der Waals surface area contributed by atoms with Crippen LogP contribution >= 0.6 is 0 Å². The SMILES string of the molecule is CC(C)OC(=O)c1ccn2cccc2c1. The number of pyridine rings is 1. The molecule has 2 rings (SSSR count). The summed E-state index contributed by atoms with van der Waals surface area (Å²) in [6.07, 6.45) is 3.71. The second-order valence-corrected chi connectivity index (χ2v) is 3.71. The first-order chi connectivity index (χ1) is 7.16. The first kappa shape index (κ1) is 9.77. The molecule has 0 atom stereocenters. The third kappa shape index (κ3) is 2.01. The second-order valence-electron chi connectivity index (χ2n) is 3.71. The Morgan fingerprint density at radius 1 is 1.33 bits per heavy atom. The van der Waals surface area contributed by atoms with Gasteiger partial charge in [-0.3, -0.25) is 0 Å². The fraction of sp³-hybridized carbons (Fsp3) is 0.250. The highest BCUT2D eigenvalue weighted by Gasteiger charge is 2.09. The molecule has 0 spiro atoms. The lowest BCUT2D eigenvalue weighted by atomic mass is 10.2. The molecule has 15 heavy (non-hydrogen) atoms. The third-order valence-corrected chi connectivity index (χ3v) is 2.11. The summed E-state index contributed by atoms with van der Waals surface area (Å²) >= 11 is 0. The number of aromatic nitrogens is 1. The summed E-state index contributed by atoms with van der Waals surface area (Å²) in [5.41, 5.74) is 1.59. The van der Waals surface area contributed by atoms with Crippen LogP contribution in [0.25, 0.3) is 5.52 Å². The number of hydrogen-bond donors (Lipinski definition) is 0. The molecule has 0 N–H and O–H groups in total. The van der Waals surface area contributed by atoms with Crippen LogP contribution in [0.2, 0.25) is 0 Å². The molecule has 2 heterocycles. The Kier molecular flexibility index (Phi) is 2.46. The molecule has 0 saturated carbocycles. The van der Waals surface area contributed by atoms with Gasteiger partial charge in [0.1, 0.15) is 0 Å². The van der Waals surface area contributed by atoms with E-state index in [9.17, 15) is 4.79 Å². The zero-order valence-electron chi connectivity index (χ0n) is 8.81. The molecule has 2 aromatic heterocycles. The number of nitrogens with zero attached hydrogens (tertiary/aromatic N) is 1. The van der Waals surface area contributed by atoms with Crippen LogP contribution in [0.3, 0.4) is 0 Å². The quantitative estimate of drug-likeness (QED) is 0.702.